The molecule has 1 aromatic carbocycles. The molecule has 0 aliphatic carbocycles. The summed E-state index contributed by atoms with van der Waals surface area (Å²) in [6.07, 6.45) is -4.56. The lowest BCUT2D eigenvalue weighted by Crippen LogP contribution is -2.28. The Morgan fingerprint density at radius 2 is 2.38 bits per heavy atom. The van der Waals surface area contributed by atoms with Crippen LogP contribution in [0.25, 0.3) is 10.9 Å². The number of aromatic amines is 1. The van der Waals surface area contributed by atoms with Crippen molar-refractivity contribution in [2.24, 2.45) is 0 Å². The Bertz CT molecular complexity index is 957. The third kappa shape index (κ3) is 3.19. The molecule has 1 aliphatic heterocycles. The standard InChI is InChI=1S/C16H21N3O2/c1-19(2)6-5-12-9-17-15-4-3-11(8-14(12)15)7-13-10-21-16(20)18-13/h3-4,8-9,13,17H,5-7,10H2,1-2H3,(H,18,20)/t13-/m0/s1/i5D2,6D2,7D2,10D2. The van der Waals surface area contributed by atoms with E-state index in [2.05, 4.69) is 15.0 Å². The first kappa shape index (κ1) is 7.31. The van der Waals surface area contributed by atoms with Crippen molar-refractivity contribution in [2.75, 3.05) is 27.2 Å². The molecular formula is C16H21N3O2. The highest BCUT2D eigenvalue weighted by Crippen LogP contribution is 2.21. The first-order valence-electron chi connectivity index (χ1n) is 10.4. The van der Waals surface area contributed by atoms with Crippen LogP contribution in [0.4, 0.5) is 4.79 Å². The van der Waals surface area contributed by atoms with Gasteiger partial charge in [-0.3, -0.25) is 0 Å². The van der Waals surface area contributed by atoms with E-state index in [1.165, 1.54) is 38.5 Å². The van der Waals surface area contributed by atoms with Crippen LogP contribution in [0.15, 0.2) is 24.4 Å². The van der Waals surface area contributed by atoms with Crippen LogP contribution in [0.3, 0.4) is 0 Å². The molecule has 0 unspecified atom stereocenters. The van der Waals surface area contributed by atoms with Crippen LogP contribution < -0.4 is 5.32 Å². The number of nitrogens with one attached hydrogen (secondary N) is 2. The first-order valence-corrected chi connectivity index (χ1v) is 6.41. The molecule has 0 radical (unpaired) electrons. The molecule has 5 heteroatoms. The highest BCUT2D eigenvalue weighted by atomic mass is 16.6. The SMILES string of the molecule is [2H]C1([2H])OC(=O)N[C@H]1C([2H])([2H])c1ccc2[nH]cc(C([2H])([2H])C([2H])([2H])N(C)C)c2c1. The second-order valence-corrected chi connectivity index (χ2v) is 4.82. The van der Waals surface area contributed by atoms with Gasteiger partial charge in [0.15, 0.2) is 0 Å². The fourth-order valence-electron chi connectivity index (χ4n) is 2.01. The van der Waals surface area contributed by atoms with Crippen LogP contribution >= 0.6 is 0 Å². The number of likely N-dealkylation sites (N-methyl/N-ethyl adjacent to an activating group) is 1. The van der Waals surface area contributed by atoms with E-state index in [0.29, 0.717) is 5.52 Å². The predicted octanol–water partition coefficient (Wildman–Crippen LogP) is 1.92. The summed E-state index contributed by atoms with van der Waals surface area (Å²) >= 11 is 0. The molecule has 0 saturated carbocycles. The smallest absolute Gasteiger partial charge is 0.407 e. The van der Waals surface area contributed by atoms with Crippen molar-refractivity contribution in [3.8, 4) is 0 Å². The van der Waals surface area contributed by atoms with E-state index in [1.807, 2.05) is 0 Å². The lowest BCUT2D eigenvalue weighted by Gasteiger charge is -2.09. The number of H-pyrrole nitrogens is 1. The Hall–Kier alpha value is -2.01. The number of nitrogens with zero attached hydrogens (tertiary/aromatic N) is 1. The van der Waals surface area contributed by atoms with Crippen molar-refractivity contribution < 1.29 is 20.5 Å². The van der Waals surface area contributed by atoms with Gasteiger partial charge >= 0.3 is 6.09 Å². The van der Waals surface area contributed by atoms with Gasteiger partial charge in [-0.2, -0.15) is 0 Å². The number of amides is 1. The Balaban J connectivity index is 2.12. The number of carbonyl (C=O) groups excluding carboxylic acids is 1. The van der Waals surface area contributed by atoms with Gasteiger partial charge in [-0.25, -0.2) is 4.79 Å². The van der Waals surface area contributed by atoms with Gasteiger partial charge in [-0.05, 0) is 50.1 Å². The summed E-state index contributed by atoms with van der Waals surface area (Å²) in [5.74, 6) is 0. The topological polar surface area (TPSA) is 57.4 Å². The summed E-state index contributed by atoms with van der Waals surface area (Å²) in [5, 5.41) is 2.41. The van der Waals surface area contributed by atoms with E-state index in [1.54, 1.807) is 0 Å². The number of rotatable bonds is 5. The number of hydrogen-bond donors (Lipinski definition) is 2. The zero-order chi connectivity index (χ0) is 22.0. The van der Waals surface area contributed by atoms with Crippen molar-refractivity contribution in [3.05, 3.63) is 35.5 Å². The molecule has 0 bridgehead atoms. The molecule has 0 spiro atoms. The summed E-state index contributed by atoms with van der Waals surface area (Å²) in [7, 11) is 2.84. The average Bonchev–Trinajstić information content (AvgIpc) is 3.14. The molecular weight excluding hydrogens is 266 g/mol. The number of carbonyl (C=O) groups is 1. The number of fused-ring (bicyclic) bond motifs is 1. The van der Waals surface area contributed by atoms with Crippen molar-refractivity contribution >= 4 is 17.0 Å². The zero-order valence-electron chi connectivity index (χ0n) is 19.7. The second-order valence-electron chi connectivity index (χ2n) is 4.82. The van der Waals surface area contributed by atoms with Gasteiger partial charge in [0, 0.05) is 31.8 Å². The summed E-state index contributed by atoms with van der Waals surface area (Å²) < 4.78 is 69.9. The Labute approximate surface area is 135 Å². The molecule has 5 nitrogen and oxygen atoms in total. The van der Waals surface area contributed by atoms with Crippen molar-refractivity contribution in [1.29, 1.82) is 0 Å². The number of hydrogen-bond acceptors (Lipinski definition) is 3. The number of aryl methyl sites for hydroxylation is 1. The van der Waals surface area contributed by atoms with E-state index < -0.39 is 37.9 Å². The van der Waals surface area contributed by atoms with E-state index >= 15 is 0 Å². The molecule has 1 saturated heterocycles. The van der Waals surface area contributed by atoms with Gasteiger partial charge in [-0.15, -0.1) is 0 Å². The van der Waals surface area contributed by atoms with Gasteiger partial charge < -0.3 is 19.9 Å². The highest BCUT2D eigenvalue weighted by molar-refractivity contribution is 5.84. The highest BCUT2D eigenvalue weighted by Gasteiger charge is 2.22. The Morgan fingerprint density at radius 3 is 3.10 bits per heavy atom. The average molecular weight is 295 g/mol. The molecule has 2 aromatic rings. The van der Waals surface area contributed by atoms with E-state index in [-0.39, 0.29) is 16.5 Å². The number of aromatic nitrogens is 1. The van der Waals surface area contributed by atoms with Crippen LogP contribution in [-0.2, 0) is 17.5 Å². The van der Waals surface area contributed by atoms with Gasteiger partial charge in [-0.1, -0.05) is 6.07 Å². The Kier molecular flexibility index (Phi) is 2.01. The number of alkyl carbamates (subject to hydrolysis) is 1. The molecule has 2 heterocycles. The summed E-state index contributed by atoms with van der Waals surface area (Å²) in [6, 6.07) is 2.62. The molecule has 21 heavy (non-hydrogen) atoms. The van der Waals surface area contributed by atoms with Gasteiger partial charge in [0.2, 0.25) is 0 Å². The molecule has 1 amide bonds. The lowest BCUT2D eigenvalue weighted by atomic mass is 10.0. The summed E-state index contributed by atoms with van der Waals surface area (Å²) in [4.78, 5) is 15.4. The summed E-state index contributed by atoms with van der Waals surface area (Å²) in [6.45, 7) is -4.94. The van der Waals surface area contributed by atoms with Crippen LogP contribution in [0, 0.1) is 0 Å². The third-order valence-corrected chi connectivity index (χ3v) is 2.94. The van der Waals surface area contributed by atoms with Crippen LogP contribution in [0.1, 0.15) is 22.1 Å². The molecule has 3 rings (SSSR count). The van der Waals surface area contributed by atoms with Crippen molar-refractivity contribution in [3.63, 3.8) is 0 Å². The number of ether oxygens (including phenoxy) is 1. The first-order chi connectivity index (χ1) is 13.1. The maximum atomic E-state index is 11.4. The van der Waals surface area contributed by atoms with Crippen LogP contribution in [0.5, 0.6) is 0 Å². The normalized spacial score (nSPS) is 28.3. The quantitative estimate of drug-likeness (QED) is 0.886. The van der Waals surface area contributed by atoms with E-state index in [9.17, 15) is 4.79 Å². The monoisotopic (exact) mass is 295 g/mol. The largest absolute Gasteiger partial charge is 0.447 e. The Morgan fingerprint density at radius 1 is 1.52 bits per heavy atom. The maximum Gasteiger partial charge on any atom is 0.407 e. The summed E-state index contributed by atoms with van der Waals surface area (Å²) in [5.41, 5.74) is 0.456. The van der Waals surface area contributed by atoms with Crippen LogP contribution in [-0.4, -0.2) is 49.2 Å². The van der Waals surface area contributed by atoms with Crippen molar-refractivity contribution in [1.82, 2.24) is 15.2 Å². The minimum absolute atomic E-state index is 0.00133. The van der Waals surface area contributed by atoms with Crippen LogP contribution in [0.2, 0.25) is 0 Å². The molecule has 1 fully saturated rings. The minimum atomic E-state index is -2.58. The number of benzene rings is 1. The lowest BCUT2D eigenvalue weighted by molar-refractivity contribution is 0.177. The molecule has 1 atom stereocenters. The molecule has 2 N–H and O–H groups in total. The molecule has 1 aromatic heterocycles. The van der Waals surface area contributed by atoms with Gasteiger partial charge in [0.05, 0.1) is 8.78 Å². The van der Waals surface area contributed by atoms with E-state index in [0.717, 1.165) is 4.90 Å². The zero-order valence-corrected chi connectivity index (χ0v) is 11.7. The maximum absolute atomic E-state index is 11.4. The van der Waals surface area contributed by atoms with Crippen molar-refractivity contribution in [2.45, 2.75) is 18.8 Å². The van der Waals surface area contributed by atoms with Gasteiger partial charge in [0.1, 0.15) is 6.56 Å². The minimum Gasteiger partial charge on any atom is -0.447 e. The third-order valence-electron chi connectivity index (χ3n) is 2.94. The fraction of sp³-hybridized carbons (Fsp3) is 0.438. The van der Waals surface area contributed by atoms with Gasteiger partial charge in [0.25, 0.3) is 0 Å². The number of cyclic esters (lactones) is 1. The second kappa shape index (κ2) is 5.77. The molecule has 112 valence electrons. The molecule has 1 aliphatic rings. The predicted molar refractivity (Wildman–Crippen MR) is 82.5 cm³/mol. The fourth-order valence-corrected chi connectivity index (χ4v) is 2.01. The van der Waals surface area contributed by atoms with E-state index in [4.69, 9.17) is 11.0 Å².